The van der Waals surface area contributed by atoms with Gasteiger partial charge in [0.15, 0.2) is 12.4 Å². The Morgan fingerprint density at radius 1 is 0.759 bits per heavy atom. The van der Waals surface area contributed by atoms with Crippen LogP contribution < -0.4 is 16.0 Å². The molecule has 3 aromatic rings. The molecule has 0 spiro atoms. The van der Waals surface area contributed by atoms with Crippen LogP contribution in [0.1, 0.15) is 27.7 Å². The molecule has 2 aromatic heterocycles. The molecule has 0 amide bonds. The van der Waals surface area contributed by atoms with Crippen LogP contribution in [-0.2, 0) is 0 Å². The van der Waals surface area contributed by atoms with Crippen LogP contribution >= 0.6 is 0 Å². The van der Waals surface area contributed by atoms with Gasteiger partial charge in [-0.05, 0) is 45.1 Å². The smallest absolute Gasteiger partial charge is 0.260 e. The summed E-state index contributed by atoms with van der Waals surface area (Å²) in [6.07, 6.45) is 3.51. The number of rotatable bonds is 6. The normalized spacial score (nSPS) is 10.1. The van der Waals surface area contributed by atoms with Gasteiger partial charge in [-0.25, -0.2) is 0 Å². The Bertz CT molecular complexity index is 892. The van der Waals surface area contributed by atoms with Crippen LogP contribution in [0.3, 0.4) is 0 Å². The summed E-state index contributed by atoms with van der Waals surface area (Å²) < 4.78 is 2.72. The molecule has 0 bridgehead atoms. The Kier molecular flexibility index (Phi) is 7.52. The zero-order valence-corrected chi connectivity index (χ0v) is 16.4. The summed E-state index contributed by atoms with van der Waals surface area (Å²) in [6, 6.07) is 8.11. The second-order valence-electron chi connectivity index (χ2n) is 6.29. The molecule has 3 N–H and O–H groups in total. The monoisotopic (exact) mass is 395 g/mol. The quantitative estimate of drug-likeness (QED) is 0.398. The maximum atomic E-state index is 8.63. The third-order valence-electron chi connectivity index (χ3n) is 3.28. The summed E-state index contributed by atoms with van der Waals surface area (Å²) in [4.78, 5) is 0. The molecule has 0 saturated carbocycles. The number of nitrogens with one attached hydrogen (secondary N) is 3. The summed E-state index contributed by atoms with van der Waals surface area (Å²) in [5.41, 5.74) is 1.27. The molecular formula is C16H21N13. The standard InChI is InChI=1S/C10H6N12.C6H15N/c11-5-13-9-15-17-19-21(9)7-1-2-8(4-3-7)22-10(14-6-12)16-18-20-22;1-5(2)7-6(3)4/h1-4H,(H,13,15,19)(H,14,16,20);5-7H,1-4H3. The zero-order valence-electron chi connectivity index (χ0n) is 16.4. The molecule has 29 heavy (non-hydrogen) atoms. The van der Waals surface area contributed by atoms with Crippen LogP contribution in [0.15, 0.2) is 24.3 Å². The largest absolute Gasteiger partial charge is 0.312 e. The molecule has 0 saturated heterocycles. The van der Waals surface area contributed by atoms with Gasteiger partial charge in [0, 0.05) is 12.1 Å². The second-order valence-corrected chi connectivity index (χ2v) is 6.29. The van der Waals surface area contributed by atoms with E-state index < -0.39 is 0 Å². The highest BCUT2D eigenvalue weighted by atomic mass is 15.6. The maximum Gasteiger partial charge on any atom is 0.260 e. The van der Waals surface area contributed by atoms with E-state index in [0.717, 1.165) is 0 Å². The molecule has 1 aromatic carbocycles. The van der Waals surface area contributed by atoms with E-state index in [0.29, 0.717) is 23.5 Å². The molecule has 0 atom stereocenters. The van der Waals surface area contributed by atoms with Crippen LogP contribution in [0, 0.1) is 22.9 Å². The van der Waals surface area contributed by atoms with Crippen molar-refractivity contribution < 1.29 is 0 Å². The number of anilines is 2. The summed E-state index contributed by atoms with van der Waals surface area (Å²) in [7, 11) is 0. The van der Waals surface area contributed by atoms with Crippen LogP contribution in [-0.4, -0.2) is 52.5 Å². The molecule has 13 heteroatoms. The van der Waals surface area contributed by atoms with Crippen molar-refractivity contribution in [1.29, 1.82) is 10.5 Å². The van der Waals surface area contributed by atoms with Gasteiger partial charge in [-0.15, -0.1) is 0 Å². The number of hydrogen-bond donors (Lipinski definition) is 3. The number of hydrogen-bond acceptors (Lipinski definition) is 11. The van der Waals surface area contributed by atoms with E-state index in [1.165, 1.54) is 9.36 Å². The molecule has 13 nitrogen and oxygen atoms in total. The lowest BCUT2D eigenvalue weighted by molar-refractivity contribution is 0.518. The molecule has 0 aliphatic carbocycles. The number of tetrazole rings is 2. The van der Waals surface area contributed by atoms with E-state index in [4.69, 9.17) is 10.5 Å². The number of aromatic nitrogens is 8. The molecule has 150 valence electrons. The Balaban J connectivity index is 0.000000370. The lowest BCUT2D eigenvalue weighted by Crippen LogP contribution is -2.29. The fourth-order valence-electron chi connectivity index (χ4n) is 2.38. The van der Waals surface area contributed by atoms with Gasteiger partial charge in [-0.3, -0.25) is 10.6 Å². The van der Waals surface area contributed by atoms with Crippen molar-refractivity contribution in [1.82, 2.24) is 45.7 Å². The van der Waals surface area contributed by atoms with E-state index >= 15 is 0 Å². The first-order chi connectivity index (χ1) is 14.0. The Hall–Kier alpha value is -4.10. The van der Waals surface area contributed by atoms with Crippen LogP contribution in [0.2, 0.25) is 0 Å². The molecular weight excluding hydrogens is 374 g/mol. The van der Waals surface area contributed by atoms with Crippen molar-refractivity contribution >= 4 is 11.9 Å². The fraction of sp³-hybridized carbons (Fsp3) is 0.375. The first kappa shape index (κ1) is 21.2. The van der Waals surface area contributed by atoms with Gasteiger partial charge in [0.05, 0.1) is 11.4 Å². The first-order valence-electron chi connectivity index (χ1n) is 8.70. The van der Waals surface area contributed by atoms with E-state index in [1.54, 1.807) is 36.7 Å². The average Bonchev–Trinajstić information content (AvgIpc) is 3.31. The average molecular weight is 395 g/mol. The van der Waals surface area contributed by atoms with Gasteiger partial charge >= 0.3 is 0 Å². The predicted molar refractivity (Wildman–Crippen MR) is 104 cm³/mol. The summed E-state index contributed by atoms with van der Waals surface area (Å²) in [6.45, 7) is 8.61. The Morgan fingerprint density at radius 2 is 1.14 bits per heavy atom. The van der Waals surface area contributed by atoms with E-state index in [1.807, 2.05) is 0 Å². The lowest BCUT2D eigenvalue weighted by Gasteiger charge is -2.10. The van der Waals surface area contributed by atoms with Crippen molar-refractivity contribution in [2.75, 3.05) is 10.6 Å². The number of benzene rings is 1. The van der Waals surface area contributed by atoms with Crippen molar-refractivity contribution in [3.8, 4) is 23.8 Å². The Labute approximate surface area is 167 Å². The van der Waals surface area contributed by atoms with Gasteiger partial charge in [0.2, 0.25) is 0 Å². The predicted octanol–water partition coefficient (Wildman–Crippen LogP) is 0.817. The second kappa shape index (κ2) is 10.3. The topological polar surface area (TPSA) is 171 Å². The van der Waals surface area contributed by atoms with Crippen LogP contribution in [0.25, 0.3) is 11.4 Å². The third-order valence-corrected chi connectivity index (χ3v) is 3.28. The van der Waals surface area contributed by atoms with Crippen molar-refractivity contribution in [3.63, 3.8) is 0 Å². The van der Waals surface area contributed by atoms with Crippen LogP contribution in [0.4, 0.5) is 11.9 Å². The highest BCUT2D eigenvalue weighted by Gasteiger charge is 2.10. The van der Waals surface area contributed by atoms with Gasteiger partial charge in [-0.1, -0.05) is 37.9 Å². The van der Waals surface area contributed by atoms with Gasteiger partial charge in [0.25, 0.3) is 11.9 Å². The van der Waals surface area contributed by atoms with Gasteiger partial charge in [0.1, 0.15) is 0 Å². The van der Waals surface area contributed by atoms with Crippen LogP contribution in [0.5, 0.6) is 0 Å². The molecule has 2 heterocycles. The highest BCUT2D eigenvalue weighted by Crippen LogP contribution is 2.16. The molecule has 0 aliphatic heterocycles. The maximum absolute atomic E-state index is 8.63. The first-order valence-corrected chi connectivity index (χ1v) is 8.70. The van der Waals surface area contributed by atoms with Gasteiger partial charge in [-0.2, -0.15) is 19.9 Å². The minimum atomic E-state index is 0.199. The SMILES string of the molecule is CC(C)NC(C)C.N#CNc1nnnn1-c1ccc(-n2nnnc2NC#N)cc1. The molecule has 0 radical (unpaired) electrons. The van der Waals surface area contributed by atoms with Crippen molar-refractivity contribution in [2.24, 2.45) is 0 Å². The minimum Gasteiger partial charge on any atom is -0.312 e. The van der Waals surface area contributed by atoms with Crippen molar-refractivity contribution in [2.45, 2.75) is 39.8 Å². The minimum absolute atomic E-state index is 0.199. The molecule has 0 aliphatic rings. The van der Waals surface area contributed by atoms with E-state index in [2.05, 4.69) is 74.7 Å². The fourth-order valence-corrected chi connectivity index (χ4v) is 2.38. The lowest BCUT2D eigenvalue weighted by atomic mass is 10.3. The zero-order chi connectivity index (χ0) is 21.2. The molecule has 0 fully saturated rings. The van der Waals surface area contributed by atoms with Gasteiger partial charge < -0.3 is 5.32 Å². The number of nitriles is 2. The third kappa shape index (κ3) is 5.95. The summed E-state index contributed by atoms with van der Waals surface area (Å²) in [5.74, 6) is 0.397. The van der Waals surface area contributed by atoms with Crippen molar-refractivity contribution in [3.05, 3.63) is 24.3 Å². The molecule has 3 rings (SSSR count). The molecule has 0 unspecified atom stereocenters. The van der Waals surface area contributed by atoms with E-state index in [-0.39, 0.29) is 11.9 Å². The van der Waals surface area contributed by atoms with E-state index in [9.17, 15) is 0 Å². The summed E-state index contributed by atoms with van der Waals surface area (Å²) in [5, 5.41) is 47.2. The highest BCUT2D eigenvalue weighted by molar-refractivity contribution is 5.47. The Morgan fingerprint density at radius 3 is 1.41 bits per heavy atom. The number of nitrogens with zero attached hydrogens (tertiary/aromatic N) is 10. The summed E-state index contributed by atoms with van der Waals surface area (Å²) >= 11 is 0.